The summed E-state index contributed by atoms with van der Waals surface area (Å²) in [6, 6.07) is 23.5. The first kappa shape index (κ1) is 37.7. The van der Waals surface area contributed by atoms with Crippen LogP contribution in [0.25, 0.3) is 44.5 Å². The van der Waals surface area contributed by atoms with Crippen LogP contribution in [0.3, 0.4) is 0 Å². The fraction of sp³-hybridized carbons (Fsp3) is 0.457. The van der Waals surface area contributed by atoms with Crippen LogP contribution in [0.4, 0.5) is 0 Å². The average molecular weight is 755 g/mol. The van der Waals surface area contributed by atoms with E-state index in [9.17, 15) is 14.4 Å². The predicted molar refractivity (Wildman–Crippen MR) is 218 cm³/mol. The number of rotatable bonds is 11. The monoisotopic (exact) mass is 754 g/mol. The normalized spacial score (nSPS) is 21.7. The number of aromatic nitrogens is 4. The van der Waals surface area contributed by atoms with Gasteiger partial charge in [-0.1, -0.05) is 89.2 Å². The molecule has 0 radical (unpaired) electrons. The van der Waals surface area contributed by atoms with Gasteiger partial charge in [-0.25, -0.2) is 9.97 Å². The fourth-order valence-corrected chi connectivity index (χ4v) is 9.28. The molecule has 3 fully saturated rings. The summed E-state index contributed by atoms with van der Waals surface area (Å²) in [5.41, 5.74) is 8.28. The van der Waals surface area contributed by atoms with Crippen molar-refractivity contribution in [2.75, 3.05) is 13.7 Å². The highest BCUT2D eigenvalue weighted by Gasteiger charge is 2.51. The molecule has 2 aliphatic heterocycles. The molecule has 2 N–H and O–H groups in total. The number of piperidine rings is 1. The van der Waals surface area contributed by atoms with Gasteiger partial charge < -0.3 is 24.5 Å². The Hall–Kier alpha value is -5.25. The summed E-state index contributed by atoms with van der Waals surface area (Å²) in [4.78, 5) is 60.4. The van der Waals surface area contributed by atoms with Gasteiger partial charge in [0.15, 0.2) is 0 Å². The number of aromatic amines is 2. The van der Waals surface area contributed by atoms with Crippen LogP contribution in [0.1, 0.15) is 96.9 Å². The van der Waals surface area contributed by atoms with Crippen molar-refractivity contribution in [2.24, 2.45) is 29.6 Å². The van der Waals surface area contributed by atoms with Crippen LogP contribution in [-0.4, -0.2) is 67.2 Å². The van der Waals surface area contributed by atoms with E-state index in [-0.39, 0.29) is 54.2 Å². The van der Waals surface area contributed by atoms with Crippen molar-refractivity contribution in [3.8, 4) is 33.5 Å². The van der Waals surface area contributed by atoms with Crippen LogP contribution in [0.15, 0.2) is 72.9 Å². The molecule has 10 nitrogen and oxygen atoms in total. The minimum Gasteiger partial charge on any atom is -0.469 e. The van der Waals surface area contributed by atoms with Crippen molar-refractivity contribution >= 4 is 28.8 Å². The minimum atomic E-state index is -0.420. The van der Waals surface area contributed by atoms with Crippen molar-refractivity contribution in [3.63, 3.8) is 0 Å². The van der Waals surface area contributed by atoms with Crippen molar-refractivity contribution in [1.82, 2.24) is 29.7 Å². The number of ether oxygens (including phenoxy) is 1. The number of benzene rings is 3. The second kappa shape index (κ2) is 15.4. The Morgan fingerprint density at radius 3 is 2.11 bits per heavy atom. The van der Waals surface area contributed by atoms with Crippen LogP contribution in [0, 0.1) is 29.6 Å². The first-order valence-corrected chi connectivity index (χ1v) is 20.5. The van der Waals surface area contributed by atoms with Gasteiger partial charge >= 0.3 is 5.97 Å². The number of likely N-dealkylation sites (tertiary alicyclic amines) is 2. The maximum absolute atomic E-state index is 14.0. The highest BCUT2D eigenvalue weighted by Crippen LogP contribution is 2.51. The molecule has 1 saturated carbocycles. The maximum atomic E-state index is 14.0. The molecule has 0 unspecified atom stereocenters. The van der Waals surface area contributed by atoms with E-state index in [0.717, 1.165) is 94.8 Å². The number of H-pyrrole nitrogens is 2. The van der Waals surface area contributed by atoms with Crippen molar-refractivity contribution in [1.29, 1.82) is 0 Å². The molecule has 8 rings (SSSR count). The quantitative estimate of drug-likeness (QED) is 0.130. The van der Waals surface area contributed by atoms with Gasteiger partial charge in [0.25, 0.3) is 0 Å². The van der Waals surface area contributed by atoms with Crippen LogP contribution in [0.5, 0.6) is 0 Å². The molecule has 3 aliphatic rings. The number of hydrogen-bond donors (Lipinski definition) is 2. The SMILES string of the molecule is COC(=O)C[C@H](C(=O)N1[C@H]2CC[C@H](C2)[C@H]1c1nc2ccc(-c3ccc(-c4ccc(-c5cnc([C@@H]6CCCN6C(=O)[C@@H](C)C(C)C)[nH]5)cc4)cc3)cc2[nH]1)C(C)C. The Kier molecular flexibility index (Phi) is 10.3. The summed E-state index contributed by atoms with van der Waals surface area (Å²) in [5, 5.41) is 0. The lowest BCUT2D eigenvalue weighted by atomic mass is 9.89. The lowest BCUT2D eigenvalue weighted by molar-refractivity contribution is -0.150. The fourth-order valence-electron chi connectivity index (χ4n) is 9.28. The third-order valence-corrected chi connectivity index (χ3v) is 12.9. The highest BCUT2D eigenvalue weighted by molar-refractivity contribution is 5.86. The molecule has 2 aromatic heterocycles. The van der Waals surface area contributed by atoms with Crippen LogP contribution < -0.4 is 0 Å². The Morgan fingerprint density at radius 1 is 0.786 bits per heavy atom. The van der Waals surface area contributed by atoms with E-state index in [1.54, 1.807) is 0 Å². The van der Waals surface area contributed by atoms with Gasteiger partial charge in [-0.05, 0) is 89.8 Å². The Morgan fingerprint density at radius 2 is 1.45 bits per heavy atom. The van der Waals surface area contributed by atoms with Gasteiger partial charge in [-0.3, -0.25) is 14.4 Å². The molecular weight excluding hydrogens is 701 g/mol. The molecule has 2 amide bonds. The summed E-state index contributed by atoms with van der Waals surface area (Å²) in [7, 11) is 1.38. The summed E-state index contributed by atoms with van der Waals surface area (Å²) in [5.74, 6) is 1.85. The van der Waals surface area contributed by atoms with E-state index in [2.05, 4.69) is 90.5 Å². The zero-order chi connectivity index (χ0) is 39.2. The molecule has 4 heterocycles. The molecule has 6 atom stereocenters. The van der Waals surface area contributed by atoms with Gasteiger partial charge in [-0.2, -0.15) is 0 Å². The number of methoxy groups -OCH3 is 1. The third kappa shape index (κ3) is 7.03. The zero-order valence-corrected chi connectivity index (χ0v) is 33.4. The third-order valence-electron chi connectivity index (χ3n) is 12.9. The number of amides is 2. The molecule has 3 aromatic carbocycles. The van der Waals surface area contributed by atoms with E-state index in [0.29, 0.717) is 11.8 Å². The minimum absolute atomic E-state index is 0.00207. The number of nitrogens with one attached hydrogen (secondary N) is 2. The largest absolute Gasteiger partial charge is 0.469 e. The first-order valence-electron chi connectivity index (χ1n) is 20.5. The number of esters is 1. The molecule has 1 aliphatic carbocycles. The summed E-state index contributed by atoms with van der Waals surface area (Å²) < 4.78 is 4.94. The van der Waals surface area contributed by atoms with Gasteiger partial charge in [0.05, 0.1) is 54.5 Å². The highest BCUT2D eigenvalue weighted by atomic mass is 16.5. The van der Waals surface area contributed by atoms with E-state index in [1.807, 2.05) is 36.8 Å². The number of carbonyl (C=O) groups is 3. The van der Waals surface area contributed by atoms with Crippen LogP contribution in [-0.2, 0) is 19.1 Å². The number of nitrogens with zero attached hydrogens (tertiary/aromatic N) is 4. The molecule has 56 heavy (non-hydrogen) atoms. The summed E-state index contributed by atoms with van der Waals surface area (Å²) in [6.45, 7) is 11.0. The molecule has 0 spiro atoms. The lowest BCUT2D eigenvalue weighted by Gasteiger charge is -2.37. The van der Waals surface area contributed by atoms with E-state index in [1.165, 1.54) is 7.11 Å². The smallest absolute Gasteiger partial charge is 0.306 e. The average Bonchev–Trinajstić information content (AvgIpc) is 4.07. The lowest BCUT2D eigenvalue weighted by Crippen LogP contribution is -2.45. The van der Waals surface area contributed by atoms with Gasteiger partial charge in [0.1, 0.15) is 11.6 Å². The Bertz CT molecular complexity index is 2220. The molecule has 292 valence electrons. The molecule has 2 saturated heterocycles. The van der Waals surface area contributed by atoms with E-state index in [4.69, 9.17) is 14.7 Å². The van der Waals surface area contributed by atoms with E-state index >= 15 is 0 Å². The number of fused-ring (bicyclic) bond motifs is 3. The van der Waals surface area contributed by atoms with Crippen molar-refractivity contribution in [3.05, 3.63) is 84.6 Å². The molecule has 2 bridgehead atoms. The molecular formula is C46H54N6O4. The topological polar surface area (TPSA) is 124 Å². The Balaban J connectivity index is 0.963. The standard InChI is InChI=1S/C46H54N6O4/c1-26(2)28(5)45(54)51-21-7-8-40(51)43-47-25-39(50-43)32-15-13-30(14-16-32)29-9-11-31(12-10-29)33-18-20-37-38(23-33)49-44(48-37)42-34-17-19-35(22-34)52(42)46(55)36(27(3)4)24-41(53)56-6/h9-16,18,20,23,25-28,34-36,40,42H,7-8,17,19,21-22,24H2,1-6H3,(H,47,50)(H,48,49)/t28-,34+,35-,36-,40-,42-/m0/s1. The predicted octanol–water partition coefficient (Wildman–Crippen LogP) is 9.13. The van der Waals surface area contributed by atoms with Crippen LogP contribution in [0.2, 0.25) is 0 Å². The second-order valence-electron chi connectivity index (χ2n) is 17.0. The first-order chi connectivity index (χ1) is 27.0. The second-order valence-corrected chi connectivity index (χ2v) is 17.0. The number of carbonyl (C=O) groups excluding carboxylic acids is 3. The van der Waals surface area contributed by atoms with Gasteiger partial charge in [-0.15, -0.1) is 0 Å². The number of imidazole rings is 2. The molecule has 5 aromatic rings. The van der Waals surface area contributed by atoms with E-state index < -0.39 is 5.92 Å². The van der Waals surface area contributed by atoms with Crippen molar-refractivity contribution in [2.45, 2.75) is 91.3 Å². The summed E-state index contributed by atoms with van der Waals surface area (Å²) >= 11 is 0. The summed E-state index contributed by atoms with van der Waals surface area (Å²) in [6.07, 6.45) is 6.94. The van der Waals surface area contributed by atoms with Gasteiger partial charge in [0, 0.05) is 18.5 Å². The maximum Gasteiger partial charge on any atom is 0.306 e. The Labute approximate surface area is 329 Å². The van der Waals surface area contributed by atoms with Crippen LogP contribution >= 0.6 is 0 Å². The number of hydrogen-bond acceptors (Lipinski definition) is 6. The van der Waals surface area contributed by atoms with Crippen molar-refractivity contribution < 1.29 is 19.1 Å². The van der Waals surface area contributed by atoms with Gasteiger partial charge in [0.2, 0.25) is 11.8 Å². The zero-order valence-electron chi connectivity index (χ0n) is 33.4. The molecule has 10 heteroatoms.